The summed E-state index contributed by atoms with van der Waals surface area (Å²) in [5.74, 6) is 0. The fourth-order valence-electron chi connectivity index (χ4n) is 0. The normalized spacial score (nSPS) is 5.40. The van der Waals surface area contributed by atoms with Gasteiger partial charge in [0.25, 0.3) is 0 Å². The Morgan fingerprint density at radius 1 is 0.467 bits per heavy atom. The van der Waals surface area contributed by atoms with Gasteiger partial charge in [0.05, 0.1) is 0 Å². The van der Waals surface area contributed by atoms with Crippen LogP contribution in [0.15, 0.2) is 0 Å². The molecule has 0 spiro atoms. The molecule has 0 bridgehead atoms. The monoisotopic (exact) mass is 451 g/mol. The van der Waals surface area contributed by atoms with Gasteiger partial charge in [0.2, 0.25) is 0 Å². The first kappa shape index (κ1) is 36.1. The van der Waals surface area contributed by atoms with Crippen LogP contribution in [0.4, 0.5) is 0 Å². The molecule has 0 aliphatic rings. The first-order valence-electron chi connectivity index (χ1n) is 2.12. The van der Waals surface area contributed by atoms with E-state index in [1.165, 1.54) is 0 Å². The van der Waals surface area contributed by atoms with Crippen molar-refractivity contribution in [1.29, 1.82) is 0 Å². The Hall–Kier alpha value is 2.80. The summed E-state index contributed by atoms with van der Waals surface area (Å²) in [5.41, 5.74) is 0. The van der Waals surface area contributed by atoms with Crippen molar-refractivity contribution in [1.82, 2.24) is 0 Å². The van der Waals surface area contributed by atoms with Crippen LogP contribution in [-0.4, -0.2) is 39.3 Å². The third-order valence-corrected chi connectivity index (χ3v) is 0. The van der Waals surface area contributed by atoms with E-state index >= 15 is 0 Å². The molecule has 0 aromatic rings. The molecular weight excluding hydrogens is 450 g/mol. The van der Waals surface area contributed by atoms with E-state index < -0.39 is 22.0 Å². The van der Waals surface area contributed by atoms with Gasteiger partial charge in [0.15, 0.2) is 0 Å². The molecule has 0 amide bonds. The van der Waals surface area contributed by atoms with Crippen LogP contribution in [0.2, 0.25) is 0 Å². The van der Waals surface area contributed by atoms with Gasteiger partial charge in [0, 0.05) is 0 Å². The van der Waals surface area contributed by atoms with Crippen molar-refractivity contribution >= 4 is 39.3 Å². The van der Waals surface area contributed by atoms with Crippen LogP contribution in [0, 0.1) is 39.9 Å². The Balaban J connectivity index is -0.0000000184. The van der Waals surface area contributed by atoms with E-state index in [0.717, 1.165) is 0 Å². The minimum Gasteiger partial charge on any atom is -0.907 e. The SMILES string of the molecule is [Al+3].[Gd+3].[O-]B([O-])[O-].[O-]B([O-])[O-].[O-]B([O-])[O-].[Y+3]. The van der Waals surface area contributed by atoms with Crippen LogP contribution >= 0.6 is 0 Å². The molecule has 9 nitrogen and oxygen atoms in total. The Kier molecular flexibility index (Phi) is 72.4. The second-order valence-electron chi connectivity index (χ2n) is 0.866. The minimum atomic E-state index is -2.92. The van der Waals surface area contributed by atoms with Gasteiger partial charge in [-0.25, -0.2) is 0 Å². The van der Waals surface area contributed by atoms with Crippen molar-refractivity contribution in [3.63, 3.8) is 0 Å². The van der Waals surface area contributed by atoms with Crippen LogP contribution < -0.4 is 45.2 Å². The molecule has 0 saturated carbocycles. The van der Waals surface area contributed by atoms with Gasteiger partial charge in [-0.05, 0) is 0 Å². The number of hydrogen-bond donors (Lipinski definition) is 0. The van der Waals surface area contributed by atoms with Gasteiger partial charge in [-0.1, -0.05) is 0 Å². The van der Waals surface area contributed by atoms with Gasteiger partial charge < -0.3 is 45.2 Å². The van der Waals surface area contributed by atoms with E-state index in [4.69, 9.17) is 45.2 Å². The summed E-state index contributed by atoms with van der Waals surface area (Å²) in [5, 5.41) is 75.8. The molecule has 77 valence electrons. The number of rotatable bonds is 0. The Bertz CT molecular complexity index is 53.8. The fourth-order valence-corrected chi connectivity index (χ4v) is 0. The van der Waals surface area contributed by atoms with Gasteiger partial charge in [-0.3, -0.25) is 22.0 Å². The summed E-state index contributed by atoms with van der Waals surface area (Å²) < 4.78 is 0. The zero-order valence-electron chi connectivity index (χ0n) is 6.91. The van der Waals surface area contributed by atoms with Crippen molar-refractivity contribution in [2.45, 2.75) is 0 Å². The molecule has 15 heteroatoms. The Morgan fingerprint density at radius 3 is 0.467 bits per heavy atom. The van der Waals surface area contributed by atoms with Gasteiger partial charge in [-0.15, -0.1) is 0 Å². The maximum Gasteiger partial charge on any atom is 3.00 e. The summed E-state index contributed by atoms with van der Waals surface area (Å²) in [6, 6.07) is 0. The molecular formula is AlB3GdO9Y. The first-order valence-corrected chi connectivity index (χ1v) is 2.12. The second kappa shape index (κ2) is 30.1. The zero-order chi connectivity index (χ0) is 10.7. The summed E-state index contributed by atoms with van der Waals surface area (Å²) in [4.78, 5) is 0. The average Bonchev–Trinajstić information content (AvgIpc) is 1.54. The van der Waals surface area contributed by atoms with Gasteiger partial charge >= 0.3 is 90.0 Å². The van der Waals surface area contributed by atoms with Gasteiger partial charge in [0.1, 0.15) is 0 Å². The predicted octanol–water partition coefficient (Wildman–Crippen LogP) is -12.2. The molecule has 0 saturated heterocycles. The summed E-state index contributed by atoms with van der Waals surface area (Å²) in [7, 11) is -8.75. The van der Waals surface area contributed by atoms with E-state index in [9.17, 15) is 0 Å². The molecule has 0 rings (SSSR count). The molecule has 0 aliphatic carbocycles. The van der Waals surface area contributed by atoms with Crippen molar-refractivity contribution in [3.8, 4) is 0 Å². The first-order chi connectivity index (χ1) is 5.20. The van der Waals surface area contributed by atoms with Crippen molar-refractivity contribution < 1.29 is 118 Å². The van der Waals surface area contributed by atoms with Crippen LogP contribution in [0.3, 0.4) is 0 Å². The minimum absolute atomic E-state index is 0. The van der Waals surface area contributed by atoms with E-state index in [-0.39, 0.29) is 90.0 Å². The van der Waals surface area contributed by atoms with Crippen LogP contribution in [0.5, 0.6) is 0 Å². The Labute approximate surface area is 155 Å². The summed E-state index contributed by atoms with van der Waals surface area (Å²) in [6.07, 6.45) is 0. The molecule has 0 unspecified atom stereocenters. The van der Waals surface area contributed by atoms with Gasteiger partial charge in [-0.2, -0.15) is 0 Å². The van der Waals surface area contributed by atoms with E-state index in [1.807, 2.05) is 0 Å². The average molecular weight is 450 g/mol. The van der Waals surface area contributed by atoms with Crippen molar-refractivity contribution in [2.24, 2.45) is 0 Å². The maximum absolute atomic E-state index is 8.42. The van der Waals surface area contributed by atoms with Crippen LogP contribution in [0.1, 0.15) is 0 Å². The number of hydrogen-bond acceptors (Lipinski definition) is 9. The van der Waals surface area contributed by atoms with Crippen LogP contribution in [-0.2, 0) is 32.7 Å². The third kappa shape index (κ3) is 470. The zero-order valence-corrected chi connectivity index (χ0v) is 13.2. The van der Waals surface area contributed by atoms with E-state index in [2.05, 4.69) is 0 Å². The second-order valence-corrected chi connectivity index (χ2v) is 0.866. The maximum atomic E-state index is 8.42. The van der Waals surface area contributed by atoms with Crippen LogP contribution in [0.25, 0.3) is 0 Å². The molecule has 15 heavy (non-hydrogen) atoms. The quantitative estimate of drug-likeness (QED) is 0.321. The molecule has 1 radical (unpaired) electrons. The molecule has 0 aromatic carbocycles. The van der Waals surface area contributed by atoms with E-state index in [1.54, 1.807) is 0 Å². The molecule has 0 N–H and O–H groups in total. The summed E-state index contributed by atoms with van der Waals surface area (Å²) >= 11 is 0. The molecule has 0 heterocycles. The molecule has 0 atom stereocenters. The fraction of sp³-hybridized carbons (Fsp3) is 0. The third-order valence-electron chi connectivity index (χ3n) is 0. The summed E-state index contributed by atoms with van der Waals surface area (Å²) in [6.45, 7) is 0. The van der Waals surface area contributed by atoms with Crippen molar-refractivity contribution in [3.05, 3.63) is 0 Å². The Morgan fingerprint density at radius 2 is 0.467 bits per heavy atom. The standard InChI is InChI=1S/Al.3BO3.Gd.Y/c;3*2-1(3)4;;/q+3;3*-3;2*+3. The predicted molar refractivity (Wildman–Crippen MR) is 23.0 cm³/mol. The van der Waals surface area contributed by atoms with E-state index in [0.29, 0.717) is 0 Å². The molecule has 0 fully saturated rings. The smallest absolute Gasteiger partial charge is 0.907 e. The van der Waals surface area contributed by atoms with Crippen molar-refractivity contribution in [2.75, 3.05) is 0 Å². The molecule has 0 aromatic heterocycles. The topological polar surface area (TPSA) is 208 Å². The molecule has 0 aliphatic heterocycles. The largest absolute Gasteiger partial charge is 3.00 e.